The molecule has 0 N–H and O–H groups in total. The van der Waals surface area contributed by atoms with Gasteiger partial charge in [-0.25, -0.2) is 0 Å². The van der Waals surface area contributed by atoms with Crippen molar-refractivity contribution in [3.05, 3.63) is 39.5 Å². The Kier molecular flexibility index (Phi) is 3.30. The van der Waals surface area contributed by atoms with Crippen LogP contribution in [0.1, 0.15) is 12.5 Å². The maximum Gasteiger partial charge on any atom is 0.101 e. The predicted molar refractivity (Wildman–Crippen MR) is 58.7 cm³/mol. The predicted octanol–water partition coefficient (Wildman–Crippen LogP) is 3.38. The lowest BCUT2D eigenvalue weighted by molar-refractivity contribution is 1.51. The molecule has 60 valence electrons. The van der Waals surface area contributed by atoms with E-state index in [0.717, 1.165) is 14.7 Å². The Hall–Kier alpha value is -0.820. The van der Waals surface area contributed by atoms with Gasteiger partial charge in [-0.2, -0.15) is 5.26 Å². The van der Waals surface area contributed by atoms with Gasteiger partial charge in [0.25, 0.3) is 0 Å². The monoisotopic (exact) mass is 269 g/mol. The van der Waals surface area contributed by atoms with E-state index in [1.807, 2.05) is 37.3 Å². The molecular formula is C10H8IN. The lowest BCUT2D eigenvalue weighted by Crippen LogP contribution is -1.80. The average molecular weight is 269 g/mol. The summed E-state index contributed by atoms with van der Waals surface area (Å²) in [6.45, 7) is 1.94. The maximum absolute atomic E-state index is 8.84. The van der Waals surface area contributed by atoms with E-state index in [1.54, 1.807) is 0 Å². The van der Waals surface area contributed by atoms with Crippen molar-refractivity contribution in [3.8, 4) is 6.07 Å². The standard InChI is InChI=1S/C10H8IN/c1-8(11)10(7-12)9-5-3-2-4-6-9/h2-6H,1H3/b10-8-. The molecule has 0 aliphatic rings. The molecule has 1 aromatic carbocycles. The number of rotatable bonds is 1. The fraction of sp³-hybridized carbons (Fsp3) is 0.100. The van der Waals surface area contributed by atoms with Gasteiger partial charge < -0.3 is 0 Å². The van der Waals surface area contributed by atoms with Gasteiger partial charge in [0.1, 0.15) is 6.07 Å². The third-order valence-corrected chi connectivity index (χ3v) is 2.06. The van der Waals surface area contributed by atoms with Gasteiger partial charge >= 0.3 is 0 Å². The van der Waals surface area contributed by atoms with Crippen molar-refractivity contribution in [3.63, 3.8) is 0 Å². The summed E-state index contributed by atoms with van der Waals surface area (Å²) in [5, 5.41) is 8.84. The van der Waals surface area contributed by atoms with Crippen LogP contribution in [0.2, 0.25) is 0 Å². The minimum atomic E-state index is 0.760. The van der Waals surface area contributed by atoms with Crippen molar-refractivity contribution in [1.82, 2.24) is 0 Å². The SMILES string of the molecule is C/C(I)=C(\C#N)c1ccccc1. The van der Waals surface area contributed by atoms with Crippen LogP contribution >= 0.6 is 22.6 Å². The van der Waals surface area contributed by atoms with Crippen LogP contribution in [-0.4, -0.2) is 0 Å². The fourth-order valence-electron chi connectivity index (χ4n) is 0.945. The highest BCUT2D eigenvalue weighted by Crippen LogP contribution is 2.21. The zero-order valence-electron chi connectivity index (χ0n) is 6.71. The summed E-state index contributed by atoms with van der Waals surface area (Å²) in [5.41, 5.74) is 1.75. The molecule has 0 radical (unpaired) electrons. The molecule has 1 rings (SSSR count). The Labute approximate surface area is 85.9 Å². The number of benzene rings is 1. The van der Waals surface area contributed by atoms with E-state index in [2.05, 4.69) is 28.7 Å². The first kappa shape index (κ1) is 9.27. The highest BCUT2D eigenvalue weighted by molar-refractivity contribution is 14.1. The van der Waals surface area contributed by atoms with Crippen LogP contribution in [0.3, 0.4) is 0 Å². The molecule has 0 heterocycles. The first-order valence-corrected chi connectivity index (χ1v) is 4.65. The molecule has 1 nitrogen and oxygen atoms in total. The van der Waals surface area contributed by atoms with E-state index in [9.17, 15) is 0 Å². The van der Waals surface area contributed by atoms with Crippen molar-refractivity contribution in [2.45, 2.75) is 6.92 Å². The summed E-state index contributed by atoms with van der Waals surface area (Å²) in [6, 6.07) is 11.9. The van der Waals surface area contributed by atoms with E-state index in [0.29, 0.717) is 0 Å². The van der Waals surface area contributed by atoms with E-state index in [1.165, 1.54) is 0 Å². The third-order valence-electron chi connectivity index (χ3n) is 1.52. The number of hydrogen-bond donors (Lipinski definition) is 0. The van der Waals surface area contributed by atoms with Crippen LogP contribution in [-0.2, 0) is 0 Å². The Bertz CT molecular complexity index is 329. The van der Waals surface area contributed by atoms with E-state index >= 15 is 0 Å². The Morgan fingerprint density at radius 3 is 2.33 bits per heavy atom. The first-order chi connectivity index (χ1) is 5.75. The van der Waals surface area contributed by atoms with Crippen molar-refractivity contribution in [2.24, 2.45) is 0 Å². The maximum atomic E-state index is 8.84. The summed E-state index contributed by atoms with van der Waals surface area (Å²) in [4.78, 5) is 0. The highest BCUT2D eigenvalue weighted by atomic mass is 127. The summed E-state index contributed by atoms with van der Waals surface area (Å²) in [5.74, 6) is 0. The lowest BCUT2D eigenvalue weighted by Gasteiger charge is -1.98. The van der Waals surface area contributed by atoms with Crippen molar-refractivity contribution < 1.29 is 0 Å². The number of allylic oxidation sites excluding steroid dienone is 2. The van der Waals surface area contributed by atoms with Crippen LogP contribution in [0.15, 0.2) is 33.9 Å². The first-order valence-electron chi connectivity index (χ1n) is 3.57. The van der Waals surface area contributed by atoms with Crippen LogP contribution in [0.4, 0.5) is 0 Å². The molecule has 0 fully saturated rings. The van der Waals surface area contributed by atoms with Gasteiger partial charge in [0, 0.05) is 3.58 Å². The topological polar surface area (TPSA) is 23.8 Å². The van der Waals surface area contributed by atoms with Crippen molar-refractivity contribution in [2.75, 3.05) is 0 Å². The molecule has 0 atom stereocenters. The van der Waals surface area contributed by atoms with E-state index in [-0.39, 0.29) is 0 Å². The lowest BCUT2D eigenvalue weighted by atomic mass is 10.1. The molecule has 2 heteroatoms. The molecule has 0 aromatic heterocycles. The third kappa shape index (κ3) is 2.08. The van der Waals surface area contributed by atoms with E-state index in [4.69, 9.17) is 5.26 Å². The molecule has 0 aliphatic heterocycles. The van der Waals surface area contributed by atoms with Gasteiger partial charge in [0.2, 0.25) is 0 Å². The van der Waals surface area contributed by atoms with Gasteiger partial charge in [-0.1, -0.05) is 30.3 Å². The minimum absolute atomic E-state index is 0.760. The Balaban J connectivity index is 3.17. The van der Waals surface area contributed by atoms with Gasteiger partial charge in [-0.05, 0) is 35.1 Å². The second kappa shape index (κ2) is 4.27. The molecule has 0 spiro atoms. The number of hydrogen-bond acceptors (Lipinski definition) is 1. The van der Waals surface area contributed by atoms with Crippen LogP contribution in [0.5, 0.6) is 0 Å². The molecule has 0 saturated carbocycles. The van der Waals surface area contributed by atoms with Gasteiger partial charge in [-0.3, -0.25) is 0 Å². The van der Waals surface area contributed by atoms with Gasteiger partial charge in [0.05, 0.1) is 5.57 Å². The Morgan fingerprint density at radius 2 is 1.92 bits per heavy atom. The minimum Gasteiger partial charge on any atom is -0.192 e. The zero-order valence-corrected chi connectivity index (χ0v) is 8.87. The largest absolute Gasteiger partial charge is 0.192 e. The van der Waals surface area contributed by atoms with E-state index < -0.39 is 0 Å². The summed E-state index contributed by atoms with van der Waals surface area (Å²) < 4.78 is 1.03. The van der Waals surface area contributed by atoms with Crippen molar-refractivity contribution in [1.29, 1.82) is 5.26 Å². The molecule has 0 aliphatic carbocycles. The van der Waals surface area contributed by atoms with Crippen LogP contribution in [0.25, 0.3) is 5.57 Å². The molecule has 12 heavy (non-hydrogen) atoms. The second-order valence-electron chi connectivity index (χ2n) is 2.39. The van der Waals surface area contributed by atoms with Gasteiger partial charge in [-0.15, -0.1) is 0 Å². The van der Waals surface area contributed by atoms with Crippen LogP contribution < -0.4 is 0 Å². The molecule has 0 unspecified atom stereocenters. The fourth-order valence-corrected chi connectivity index (χ4v) is 1.38. The quantitative estimate of drug-likeness (QED) is 0.566. The smallest absolute Gasteiger partial charge is 0.101 e. The molecule has 0 amide bonds. The summed E-state index contributed by atoms with van der Waals surface area (Å²) in [7, 11) is 0. The molecular weight excluding hydrogens is 261 g/mol. The number of nitriles is 1. The second-order valence-corrected chi connectivity index (χ2v) is 4.00. The normalized spacial score (nSPS) is 11.8. The number of nitrogens with zero attached hydrogens (tertiary/aromatic N) is 1. The summed E-state index contributed by atoms with van der Waals surface area (Å²) >= 11 is 2.17. The molecule has 0 saturated heterocycles. The number of halogens is 1. The van der Waals surface area contributed by atoms with Crippen LogP contribution in [0, 0.1) is 11.3 Å². The summed E-state index contributed by atoms with van der Waals surface area (Å²) in [6.07, 6.45) is 0. The average Bonchev–Trinajstić information content (AvgIpc) is 2.07. The highest BCUT2D eigenvalue weighted by Gasteiger charge is 2.00. The molecule has 1 aromatic rings. The zero-order chi connectivity index (χ0) is 8.97. The van der Waals surface area contributed by atoms with Crippen molar-refractivity contribution >= 4 is 28.2 Å². The Morgan fingerprint density at radius 1 is 1.33 bits per heavy atom. The molecule has 0 bridgehead atoms. The van der Waals surface area contributed by atoms with Gasteiger partial charge in [0.15, 0.2) is 0 Å².